The van der Waals surface area contributed by atoms with Crippen LogP contribution >= 0.6 is 0 Å². The van der Waals surface area contributed by atoms with Gasteiger partial charge in [-0.3, -0.25) is 9.48 Å². The fourth-order valence-electron chi connectivity index (χ4n) is 2.54. The van der Waals surface area contributed by atoms with Crippen molar-refractivity contribution in [2.24, 2.45) is 0 Å². The van der Waals surface area contributed by atoms with Crippen molar-refractivity contribution < 1.29 is 9.53 Å². The summed E-state index contributed by atoms with van der Waals surface area (Å²) in [6.07, 6.45) is 1.65. The minimum Gasteiger partial charge on any atom is -0.495 e. The first-order valence-electron chi connectivity index (χ1n) is 8.00. The number of hydrogen-bond donors (Lipinski definition) is 1. The summed E-state index contributed by atoms with van der Waals surface area (Å²) >= 11 is 0. The highest BCUT2D eigenvalue weighted by molar-refractivity contribution is 6.09. The molecule has 1 aromatic heterocycles. The Kier molecular flexibility index (Phi) is 4.95. The van der Waals surface area contributed by atoms with Gasteiger partial charge in [0.2, 0.25) is 0 Å². The largest absolute Gasteiger partial charge is 0.495 e. The van der Waals surface area contributed by atoms with Gasteiger partial charge in [0, 0.05) is 11.9 Å². The van der Waals surface area contributed by atoms with Crippen molar-refractivity contribution in [1.29, 1.82) is 0 Å². The lowest BCUT2D eigenvalue weighted by atomic mass is 10.1. The number of ether oxygens (including phenoxy) is 1. The quantitative estimate of drug-likeness (QED) is 0.746. The van der Waals surface area contributed by atoms with Crippen LogP contribution in [0.1, 0.15) is 10.5 Å². The molecule has 0 spiro atoms. The number of likely N-dealkylation sites (N-methyl/N-ethyl adjacent to an activating group) is 1. The van der Waals surface area contributed by atoms with Crippen LogP contribution in [-0.4, -0.2) is 53.6 Å². The van der Waals surface area contributed by atoms with E-state index < -0.39 is 0 Å². The van der Waals surface area contributed by atoms with Crippen LogP contribution in [0, 0.1) is 0 Å². The summed E-state index contributed by atoms with van der Waals surface area (Å²) in [5.74, 6) is 0.290. The van der Waals surface area contributed by atoms with Crippen LogP contribution < -0.4 is 10.1 Å². The lowest BCUT2D eigenvalue weighted by molar-refractivity contribution is 0.102. The van der Waals surface area contributed by atoms with Gasteiger partial charge >= 0.3 is 0 Å². The normalized spacial score (nSPS) is 11.0. The predicted octanol–water partition coefficient (Wildman–Crippen LogP) is 2.25. The number of carbonyl (C=O) groups is 1. The molecule has 0 unspecified atom stereocenters. The third-order valence-corrected chi connectivity index (χ3v) is 3.90. The van der Waals surface area contributed by atoms with E-state index in [1.165, 1.54) is 0 Å². The number of hydrogen-bond acceptors (Lipinski definition) is 5. The first-order valence-corrected chi connectivity index (χ1v) is 8.00. The minimum absolute atomic E-state index is 0.272. The van der Waals surface area contributed by atoms with E-state index in [4.69, 9.17) is 4.74 Å². The van der Waals surface area contributed by atoms with Gasteiger partial charge < -0.3 is 15.0 Å². The Morgan fingerprint density at radius 2 is 2.04 bits per heavy atom. The molecular weight excluding hydrogens is 318 g/mol. The average Bonchev–Trinajstić information content (AvgIpc) is 3.09. The van der Waals surface area contributed by atoms with E-state index in [2.05, 4.69) is 15.6 Å². The summed E-state index contributed by atoms with van der Waals surface area (Å²) < 4.78 is 7.06. The molecule has 7 nitrogen and oxygen atoms in total. The molecule has 1 amide bonds. The SMILES string of the molecule is COc1ccc2ccccc2c1NC(=O)c1cn(CCN(C)C)nn1. The molecule has 130 valence electrons. The number of carbonyl (C=O) groups excluding carboxylic acids is 1. The van der Waals surface area contributed by atoms with Crippen LogP contribution in [0.5, 0.6) is 5.75 Å². The molecule has 1 N–H and O–H groups in total. The molecule has 3 rings (SSSR count). The predicted molar refractivity (Wildman–Crippen MR) is 97.0 cm³/mol. The Morgan fingerprint density at radius 1 is 1.24 bits per heavy atom. The summed E-state index contributed by atoms with van der Waals surface area (Å²) in [6, 6.07) is 11.6. The number of aromatic nitrogens is 3. The number of anilines is 1. The number of benzene rings is 2. The molecule has 0 atom stereocenters. The Bertz CT molecular complexity index is 888. The molecule has 2 aromatic carbocycles. The highest BCUT2D eigenvalue weighted by Gasteiger charge is 2.15. The fraction of sp³-hybridized carbons (Fsp3) is 0.278. The first kappa shape index (κ1) is 16.9. The molecular formula is C18H21N5O2. The number of rotatable bonds is 6. The number of nitrogens with zero attached hydrogens (tertiary/aromatic N) is 4. The highest BCUT2D eigenvalue weighted by Crippen LogP contribution is 2.33. The number of methoxy groups -OCH3 is 1. The second-order valence-electron chi connectivity index (χ2n) is 5.99. The van der Waals surface area contributed by atoms with Gasteiger partial charge in [-0.05, 0) is 25.5 Å². The molecule has 0 aliphatic rings. The van der Waals surface area contributed by atoms with Gasteiger partial charge in [-0.15, -0.1) is 5.10 Å². The van der Waals surface area contributed by atoms with Gasteiger partial charge in [-0.25, -0.2) is 0 Å². The summed E-state index contributed by atoms with van der Waals surface area (Å²) in [5.41, 5.74) is 0.905. The molecule has 0 saturated carbocycles. The molecule has 0 radical (unpaired) electrons. The maximum Gasteiger partial charge on any atom is 0.277 e. The monoisotopic (exact) mass is 339 g/mol. The number of nitrogens with one attached hydrogen (secondary N) is 1. The molecule has 0 saturated heterocycles. The molecule has 0 fully saturated rings. The van der Waals surface area contributed by atoms with Gasteiger partial charge in [0.1, 0.15) is 5.75 Å². The van der Waals surface area contributed by atoms with Crippen molar-refractivity contribution in [2.75, 3.05) is 33.1 Å². The Hall–Kier alpha value is -2.93. The van der Waals surface area contributed by atoms with Crippen molar-refractivity contribution in [3.05, 3.63) is 48.3 Å². The molecule has 0 aliphatic heterocycles. The van der Waals surface area contributed by atoms with Gasteiger partial charge in [0.15, 0.2) is 5.69 Å². The standard InChI is InChI=1S/C18H21N5O2/c1-22(2)10-11-23-12-15(20-21-23)18(24)19-17-14-7-5-4-6-13(14)8-9-16(17)25-3/h4-9,12H,10-11H2,1-3H3,(H,19,24). The van der Waals surface area contributed by atoms with Crippen molar-refractivity contribution in [2.45, 2.75) is 6.54 Å². The maximum atomic E-state index is 12.6. The van der Waals surface area contributed by atoms with E-state index in [9.17, 15) is 4.79 Å². The van der Waals surface area contributed by atoms with Crippen LogP contribution in [0.3, 0.4) is 0 Å². The Balaban J connectivity index is 1.85. The zero-order chi connectivity index (χ0) is 17.8. The zero-order valence-electron chi connectivity index (χ0n) is 14.6. The molecule has 7 heteroatoms. The van der Waals surface area contributed by atoms with Gasteiger partial charge in [0.05, 0.1) is 25.5 Å². The molecule has 1 heterocycles. The Morgan fingerprint density at radius 3 is 2.80 bits per heavy atom. The third kappa shape index (κ3) is 3.77. The zero-order valence-corrected chi connectivity index (χ0v) is 14.6. The van der Waals surface area contributed by atoms with Crippen LogP contribution in [0.4, 0.5) is 5.69 Å². The van der Waals surface area contributed by atoms with E-state index in [1.807, 2.05) is 55.4 Å². The van der Waals surface area contributed by atoms with E-state index in [0.717, 1.165) is 17.3 Å². The minimum atomic E-state index is -0.314. The van der Waals surface area contributed by atoms with Crippen LogP contribution in [-0.2, 0) is 6.54 Å². The van der Waals surface area contributed by atoms with Gasteiger partial charge in [-0.2, -0.15) is 0 Å². The topological polar surface area (TPSA) is 72.3 Å². The third-order valence-electron chi connectivity index (χ3n) is 3.90. The molecule has 0 bridgehead atoms. The number of fused-ring (bicyclic) bond motifs is 1. The van der Waals surface area contributed by atoms with Gasteiger partial charge in [0.25, 0.3) is 5.91 Å². The van der Waals surface area contributed by atoms with Crippen LogP contribution in [0.25, 0.3) is 10.8 Å². The lowest BCUT2D eigenvalue weighted by Gasteiger charge is -2.12. The smallest absolute Gasteiger partial charge is 0.277 e. The second kappa shape index (κ2) is 7.31. The first-order chi connectivity index (χ1) is 12.1. The lowest BCUT2D eigenvalue weighted by Crippen LogP contribution is -2.18. The Labute approximate surface area is 146 Å². The maximum absolute atomic E-state index is 12.6. The average molecular weight is 339 g/mol. The van der Waals surface area contributed by atoms with Crippen molar-refractivity contribution >= 4 is 22.4 Å². The summed E-state index contributed by atoms with van der Waals surface area (Å²) in [4.78, 5) is 14.6. The van der Waals surface area contributed by atoms with Crippen molar-refractivity contribution in [1.82, 2.24) is 19.9 Å². The summed E-state index contributed by atoms with van der Waals surface area (Å²) in [7, 11) is 5.55. The second-order valence-corrected chi connectivity index (χ2v) is 5.99. The molecule has 25 heavy (non-hydrogen) atoms. The molecule has 3 aromatic rings. The van der Waals surface area contributed by atoms with E-state index in [-0.39, 0.29) is 11.6 Å². The molecule has 0 aliphatic carbocycles. The van der Waals surface area contributed by atoms with E-state index in [1.54, 1.807) is 18.0 Å². The summed E-state index contributed by atoms with van der Waals surface area (Å²) in [5, 5.41) is 12.8. The van der Waals surface area contributed by atoms with E-state index >= 15 is 0 Å². The van der Waals surface area contributed by atoms with Crippen molar-refractivity contribution in [3.63, 3.8) is 0 Å². The van der Waals surface area contributed by atoms with Crippen LogP contribution in [0.15, 0.2) is 42.6 Å². The fourth-order valence-corrected chi connectivity index (χ4v) is 2.54. The van der Waals surface area contributed by atoms with Crippen molar-refractivity contribution in [3.8, 4) is 5.75 Å². The van der Waals surface area contributed by atoms with Gasteiger partial charge in [-0.1, -0.05) is 35.5 Å². The number of amides is 1. The summed E-state index contributed by atoms with van der Waals surface area (Å²) in [6.45, 7) is 1.49. The highest BCUT2D eigenvalue weighted by atomic mass is 16.5. The van der Waals surface area contributed by atoms with E-state index in [0.29, 0.717) is 18.0 Å². The van der Waals surface area contributed by atoms with Crippen LogP contribution in [0.2, 0.25) is 0 Å².